The molecule has 0 amide bonds. The Balaban J connectivity index is 3.29. The van der Waals surface area contributed by atoms with Gasteiger partial charge in [0.1, 0.15) is 11.4 Å². The van der Waals surface area contributed by atoms with Crippen molar-refractivity contribution in [2.75, 3.05) is 11.5 Å². The lowest BCUT2D eigenvalue weighted by molar-refractivity contribution is -0.274. The third-order valence-electron chi connectivity index (χ3n) is 1.56. The highest BCUT2D eigenvalue weighted by Crippen LogP contribution is 2.39. The van der Waals surface area contributed by atoms with Crippen LogP contribution in [0.1, 0.15) is 12.0 Å². The minimum atomic E-state index is -5.13. The van der Waals surface area contributed by atoms with Crippen molar-refractivity contribution in [3.8, 4) is 5.75 Å². The quantitative estimate of drug-likeness (QED) is 0.780. The van der Waals surface area contributed by atoms with E-state index < -0.39 is 35.6 Å². The van der Waals surface area contributed by atoms with Crippen molar-refractivity contribution in [1.82, 2.24) is 4.98 Å². The summed E-state index contributed by atoms with van der Waals surface area (Å²) in [5, 5.41) is 0. The molecular weight excluding hydrogens is 237 g/mol. The molecule has 0 unspecified atom stereocenters. The summed E-state index contributed by atoms with van der Waals surface area (Å²) in [6.07, 6.45) is -7.69. The zero-order valence-electron chi connectivity index (χ0n) is 7.55. The monoisotopic (exact) mass is 243 g/mol. The van der Waals surface area contributed by atoms with Gasteiger partial charge < -0.3 is 16.2 Å². The Bertz CT molecular complexity index is 392. The van der Waals surface area contributed by atoms with Gasteiger partial charge >= 0.3 is 6.36 Å². The molecule has 1 aromatic rings. The second-order valence-corrected chi connectivity index (χ2v) is 2.69. The average Bonchev–Trinajstić information content (AvgIpc) is 2.08. The molecule has 0 bridgehead atoms. The van der Waals surface area contributed by atoms with Crippen LogP contribution < -0.4 is 16.2 Å². The molecule has 16 heavy (non-hydrogen) atoms. The molecule has 0 atom stereocenters. The summed E-state index contributed by atoms with van der Waals surface area (Å²) < 4.78 is 64.0. The van der Waals surface area contributed by atoms with Crippen LogP contribution in [0.4, 0.5) is 33.5 Å². The summed E-state index contributed by atoms with van der Waals surface area (Å²) in [6.45, 7) is 0. The van der Waals surface area contributed by atoms with E-state index in [4.69, 9.17) is 11.5 Å². The Morgan fingerprint density at radius 2 is 1.81 bits per heavy atom. The van der Waals surface area contributed by atoms with Crippen molar-refractivity contribution in [3.63, 3.8) is 0 Å². The van der Waals surface area contributed by atoms with Crippen LogP contribution in [0.2, 0.25) is 0 Å². The molecule has 0 saturated heterocycles. The maximum Gasteiger partial charge on any atom is 0.573 e. The Labute approximate surface area is 86.0 Å². The largest absolute Gasteiger partial charge is 0.573 e. The summed E-state index contributed by atoms with van der Waals surface area (Å²) in [4.78, 5) is 3.22. The Morgan fingerprint density at radius 3 is 2.25 bits per heavy atom. The van der Waals surface area contributed by atoms with Gasteiger partial charge in [0, 0.05) is 0 Å². The number of anilines is 2. The summed E-state index contributed by atoms with van der Waals surface area (Å²) in [5.41, 5.74) is 8.24. The molecule has 0 aliphatic rings. The number of pyridine rings is 1. The molecule has 0 radical (unpaired) electrons. The average molecular weight is 243 g/mol. The van der Waals surface area contributed by atoms with Crippen LogP contribution >= 0.6 is 0 Å². The summed E-state index contributed by atoms with van der Waals surface area (Å²) in [5.74, 6) is -1.97. The molecule has 9 heteroatoms. The Hall–Kier alpha value is -1.80. The number of alkyl halides is 5. The lowest BCUT2D eigenvalue weighted by atomic mass is 10.2. The van der Waals surface area contributed by atoms with Gasteiger partial charge in [0.25, 0.3) is 6.43 Å². The SMILES string of the molecule is Nc1cnc(N)c(C(F)F)c1OC(F)(F)F. The van der Waals surface area contributed by atoms with E-state index >= 15 is 0 Å². The number of rotatable bonds is 2. The molecule has 1 aromatic heterocycles. The van der Waals surface area contributed by atoms with Crippen molar-refractivity contribution in [2.24, 2.45) is 0 Å². The van der Waals surface area contributed by atoms with E-state index in [0.29, 0.717) is 6.20 Å². The van der Waals surface area contributed by atoms with Gasteiger partial charge in [-0.3, -0.25) is 0 Å². The van der Waals surface area contributed by atoms with Gasteiger partial charge in [-0.25, -0.2) is 13.8 Å². The minimum absolute atomic E-state index is 0.665. The predicted molar refractivity (Wildman–Crippen MR) is 44.7 cm³/mol. The van der Waals surface area contributed by atoms with Gasteiger partial charge in [0.2, 0.25) is 0 Å². The zero-order chi connectivity index (χ0) is 12.5. The molecule has 1 heterocycles. The molecule has 90 valence electrons. The van der Waals surface area contributed by atoms with Crippen LogP contribution in [-0.2, 0) is 0 Å². The fourth-order valence-electron chi connectivity index (χ4n) is 0.980. The van der Waals surface area contributed by atoms with Crippen LogP contribution in [0.3, 0.4) is 0 Å². The van der Waals surface area contributed by atoms with Gasteiger partial charge in [0.15, 0.2) is 5.75 Å². The van der Waals surface area contributed by atoms with Gasteiger partial charge in [-0.15, -0.1) is 13.2 Å². The second-order valence-electron chi connectivity index (χ2n) is 2.69. The lowest BCUT2D eigenvalue weighted by Crippen LogP contribution is -2.20. The Morgan fingerprint density at radius 1 is 1.25 bits per heavy atom. The van der Waals surface area contributed by atoms with Crippen LogP contribution in [-0.4, -0.2) is 11.3 Å². The van der Waals surface area contributed by atoms with Crippen molar-refractivity contribution in [3.05, 3.63) is 11.8 Å². The first kappa shape index (κ1) is 12.3. The van der Waals surface area contributed by atoms with E-state index in [-0.39, 0.29) is 0 Å². The van der Waals surface area contributed by atoms with E-state index in [0.717, 1.165) is 0 Å². The second kappa shape index (κ2) is 3.99. The molecular formula is C7H6F5N3O. The normalized spacial score (nSPS) is 11.9. The first-order chi connectivity index (χ1) is 7.22. The highest BCUT2D eigenvalue weighted by atomic mass is 19.4. The number of aromatic nitrogens is 1. The molecule has 0 saturated carbocycles. The van der Waals surface area contributed by atoms with Crippen molar-refractivity contribution in [2.45, 2.75) is 12.8 Å². The fraction of sp³-hybridized carbons (Fsp3) is 0.286. The van der Waals surface area contributed by atoms with E-state index in [1.54, 1.807) is 0 Å². The molecule has 0 spiro atoms. The topological polar surface area (TPSA) is 74.2 Å². The first-order valence-corrected chi connectivity index (χ1v) is 3.80. The lowest BCUT2D eigenvalue weighted by Gasteiger charge is -2.15. The number of nitrogens with zero attached hydrogens (tertiary/aromatic N) is 1. The maximum atomic E-state index is 12.4. The van der Waals surface area contributed by atoms with E-state index in [9.17, 15) is 22.0 Å². The van der Waals surface area contributed by atoms with E-state index in [2.05, 4.69) is 9.72 Å². The van der Waals surface area contributed by atoms with Crippen LogP contribution in [0.15, 0.2) is 6.20 Å². The van der Waals surface area contributed by atoms with E-state index in [1.165, 1.54) is 0 Å². The molecule has 4 nitrogen and oxygen atoms in total. The smallest absolute Gasteiger partial charge is 0.403 e. The predicted octanol–water partition coefficient (Wildman–Crippen LogP) is 2.08. The van der Waals surface area contributed by atoms with E-state index in [1.807, 2.05) is 0 Å². The number of nitrogen functional groups attached to an aromatic ring is 2. The summed E-state index contributed by atoms with van der Waals surface area (Å²) >= 11 is 0. The van der Waals surface area contributed by atoms with Gasteiger partial charge in [-0.2, -0.15) is 0 Å². The van der Waals surface area contributed by atoms with Crippen LogP contribution in [0.25, 0.3) is 0 Å². The number of ether oxygens (including phenoxy) is 1. The molecule has 0 aliphatic heterocycles. The van der Waals surface area contributed by atoms with Crippen molar-refractivity contribution in [1.29, 1.82) is 0 Å². The van der Waals surface area contributed by atoms with Gasteiger partial charge in [-0.05, 0) is 0 Å². The third kappa shape index (κ3) is 2.61. The van der Waals surface area contributed by atoms with Crippen LogP contribution in [0.5, 0.6) is 5.75 Å². The fourth-order valence-corrected chi connectivity index (χ4v) is 0.980. The first-order valence-electron chi connectivity index (χ1n) is 3.80. The van der Waals surface area contributed by atoms with Gasteiger partial charge in [-0.1, -0.05) is 0 Å². The minimum Gasteiger partial charge on any atom is -0.403 e. The maximum absolute atomic E-state index is 12.4. The number of nitrogens with two attached hydrogens (primary N) is 2. The highest BCUT2D eigenvalue weighted by molar-refractivity contribution is 5.62. The summed E-state index contributed by atoms with van der Waals surface area (Å²) in [6, 6.07) is 0. The highest BCUT2D eigenvalue weighted by Gasteiger charge is 2.35. The third-order valence-corrected chi connectivity index (χ3v) is 1.56. The molecule has 4 N–H and O–H groups in total. The molecule has 1 rings (SSSR count). The van der Waals surface area contributed by atoms with Gasteiger partial charge in [0.05, 0.1) is 11.9 Å². The molecule has 0 aromatic carbocycles. The Kier molecular flexibility index (Phi) is 3.06. The van der Waals surface area contributed by atoms with Crippen LogP contribution in [0, 0.1) is 0 Å². The molecule has 0 aliphatic carbocycles. The molecule has 0 fully saturated rings. The number of halogens is 5. The van der Waals surface area contributed by atoms with Crippen molar-refractivity contribution < 1.29 is 26.7 Å². The number of hydrogen-bond donors (Lipinski definition) is 2. The summed E-state index contributed by atoms with van der Waals surface area (Å²) in [7, 11) is 0. The number of hydrogen-bond acceptors (Lipinski definition) is 4. The standard InChI is InChI=1S/C7H6F5N3O/c8-5(9)3-4(16-7(10,11)12)2(13)1-15-6(3)14/h1,5H,13H2,(H2,14,15). The van der Waals surface area contributed by atoms with Crippen molar-refractivity contribution >= 4 is 11.5 Å². The zero-order valence-corrected chi connectivity index (χ0v) is 7.55.